The zero-order valence-electron chi connectivity index (χ0n) is 13.7. The van der Waals surface area contributed by atoms with Gasteiger partial charge in [0.2, 0.25) is 0 Å². The van der Waals surface area contributed by atoms with Crippen molar-refractivity contribution in [2.24, 2.45) is 0 Å². The number of hydrogen-bond acceptors (Lipinski definition) is 1. The second kappa shape index (κ2) is 7.39. The van der Waals surface area contributed by atoms with Crippen molar-refractivity contribution in [2.75, 3.05) is 0 Å². The summed E-state index contributed by atoms with van der Waals surface area (Å²) in [6, 6.07) is 9.50. The molecular formula is C20H21F3O. The Hall–Kier alpha value is -1.81. The highest BCUT2D eigenvalue weighted by atomic mass is 19.2. The molecule has 0 heterocycles. The van der Waals surface area contributed by atoms with Gasteiger partial charge < -0.3 is 4.74 Å². The average Bonchev–Trinajstić information content (AvgIpc) is 2.57. The maximum absolute atomic E-state index is 14.1. The molecule has 0 radical (unpaired) electrons. The molecule has 24 heavy (non-hydrogen) atoms. The van der Waals surface area contributed by atoms with Crippen LogP contribution in [0.15, 0.2) is 36.4 Å². The van der Waals surface area contributed by atoms with Crippen LogP contribution in [0.1, 0.15) is 48.3 Å². The zero-order chi connectivity index (χ0) is 17.1. The smallest absolute Gasteiger partial charge is 0.164 e. The van der Waals surface area contributed by atoms with Crippen LogP contribution in [-0.4, -0.2) is 6.10 Å². The molecule has 1 nitrogen and oxygen atoms in total. The lowest BCUT2D eigenvalue weighted by Gasteiger charge is -2.29. The first-order valence-electron chi connectivity index (χ1n) is 8.35. The Bertz CT molecular complexity index is 706. The number of rotatable bonds is 4. The van der Waals surface area contributed by atoms with Crippen molar-refractivity contribution in [3.8, 4) is 0 Å². The van der Waals surface area contributed by atoms with Crippen molar-refractivity contribution < 1.29 is 17.9 Å². The maximum atomic E-state index is 14.1. The van der Waals surface area contributed by atoms with E-state index in [9.17, 15) is 13.2 Å². The first kappa shape index (κ1) is 17.0. The minimum atomic E-state index is -0.852. The molecule has 0 saturated heterocycles. The second-order valence-corrected chi connectivity index (χ2v) is 6.52. The minimum Gasteiger partial charge on any atom is -0.373 e. The lowest BCUT2D eigenvalue weighted by atomic mass is 9.82. The Morgan fingerprint density at radius 1 is 0.958 bits per heavy atom. The van der Waals surface area contributed by atoms with E-state index < -0.39 is 11.6 Å². The maximum Gasteiger partial charge on any atom is 0.164 e. The van der Waals surface area contributed by atoms with Gasteiger partial charge in [-0.15, -0.1) is 0 Å². The highest BCUT2D eigenvalue weighted by molar-refractivity contribution is 5.27. The van der Waals surface area contributed by atoms with E-state index >= 15 is 0 Å². The summed E-state index contributed by atoms with van der Waals surface area (Å²) in [6.45, 7) is 1.95. The molecule has 2 aromatic carbocycles. The molecule has 0 amide bonds. The molecule has 0 N–H and O–H groups in total. The largest absolute Gasteiger partial charge is 0.373 e. The number of benzene rings is 2. The van der Waals surface area contributed by atoms with E-state index in [2.05, 4.69) is 0 Å². The monoisotopic (exact) mass is 334 g/mol. The molecule has 128 valence electrons. The van der Waals surface area contributed by atoms with Gasteiger partial charge in [0.05, 0.1) is 12.7 Å². The van der Waals surface area contributed by atoms with Crippen LogP contribution >= 0.6 is 0 Å². The Morgan fingerprint density at radius 2 is 1.71 bits per heavy atom. The standard InChI is InChI=1S/C20H21F3O/c1-13-5-10-17(19(22)11-13)14-6-8-16(9-7-14)24-12-15-3-2-4-18(21)20(15)23/h2-5,10-11,14,16H,6-9,12H2,1H3. The molecule has 1 aliphatic rings. The summed E-state index contributed by atoms with van der Waals surface area (Å²) in [5, 5.41) is 0. The fraction of sp³-hybridized carbons (Fsp3) is 0.400. The fourth-order valence-corrected chi connectivity index (χ4v) is 3.37. The number of aryl methyl sites for hydroxylation is 1. The summed E-state index contributed by atoms with van der Waals surface area (Å²) in [7, 11) is 0. The van der Waals surface area contributed by atoms with Crippen LogP contribution in [0, 0.1) is 24.4 Å². The fourth-order valence-electron chi connectivity index (χ4n) is 3.37. The minimum absolute atomic E-state index is 0.0115. The van der Waals surface area contributed by atoms with Gasteiger partial charge in [0.15, 0.2) is 11.6 Å². The number of halogens is 3. The van der Waals surface area contributed by atoms with Gasteiger partial charge in [-0.05, 0) is 61.8 Å². The quantitative estimate of drug-likeness (QED) is 0.701. The third-order valence-electron chi connectivity index (χ3n) is 4.78. The summed E-state index contributed by atoms with van der Waals surface area (Å²) in [4.78, 5) is 0. The van der Waals surface area contributed by atoms with Crippen LogP contribution in [0.4, 0.5) is 13.2 Å². The summed E-state index contributed by atoms with van der Waals surface area (Å²) < 4.78 is 46.6. The van der Waals surface area contributed by atoms with Crippen LogP contribution < -0.4 is 0 Å². The molecule has 3 rings (SSSR count). The molecular weight excluding hydrogens is 313 g/mol. The Morgan fingerprint density at radius 3 is 2.42 bits per heavy atom. The number of ether oxygens (including phenoxy) is 1. The SMILES string of the molecule is Cc1ccc(C2CCC(OCc3cccc(F)c3F)CC2)c(F)c1. The van der Waals surface area contributed by atoms with Gasteiger partial charge in [-0.1, -0.05) is 24.3 Å². The predicted molar refractivity (Wildman–Crippen MR) is 87.3 cm³/mol. The van der Waals surface area contributed by atoms with Crippen molar-refractivity contribution in [2.45, 2.75) is 51.2 Å². The number of hydrogen-bond donors (Lipinski definition) is 0. The van der Waals surface area contributed by atoms with Crippen LogP contribution in [0.2, 0.25) is 0 Å². The van der Waals surface area contributed by atoms with E-state index in [1.807, 2.05) is 19.1 Å². The molecule has 0 atom stereocenters. The van der Waals surface area contributed by atoms with Gasteiger partial charge in [0.25, 0.3) is 0 Å². The van der Waals surface area contributed by atoms with Crippen molar-refractivity contribution >= 4 is 0 Å². The van der Waals surface area contributed by atoms with E-state index in [0.717, 1.165) is 42.9 Å². The lowest BCUT2D eigenvalue weighted by Crippen LogP contribution is -2.21. The molecule has 0 unspecified atom stereocenters. The molecule has 2 aromatic rings. The van der Waals surface area contributed by atoms with Gasteiger partial charge in [-0.2, -0.15) is 0 Å². The second-order valence-electron chi connectivity index (χ2n) is 6.52. The summed E-state index contributed by atoms with van der Waals surface area (Å²) in [5.74, 6) is -1.62. The van der Waals surface area contributed by atoms with E-state index in [-0.39, 0.29) is 30.0 Å². The van der Waals surface area contributed by atoms with Gasteiger partial charge in [-0.25, -0.2) is 13.2 Å². The van der Waals surface area contributed by atoms with E-state index in [0.29, 0.717) is 0 Å². The predicted octanol–water partition coefficient (Wildman–Crippen LogP) is 5.66. The Balaban J connectivity index is 1.54. The van der Waals surface area contributed by atoms with Crippen LogP contribution in [0.25, 0.3) is 0 Å². The Labute approximate surface area is 140 Å². The van der Waals surface area contributed by atoms with Crippen molar-refractivity contribution in [1.29, 1.82) is 0 Å². The van der Waals surface area contributed by atoms with Crippen LogP contribution in [-0.2, 0) is 11.3 Å². The summed E-state index contributed by atoms with van der Waals surface area (Å²) in [6.07, 6.45) is 3.30. The molecule has 1 fully saturated rings. The molecule has 1 saturated carbocycles. The van der Waals surface area contributed by atoms with Crippen molar-refractivity contribution in [1.82, 2.24) is 0 Å². The first-order chi connectivity index (χ1) is 11.5. The molecule has 0 spiro atoms. The Kier molecular flexibility index (Phi) is 5.24. The third kappa shape index (κ3) is 3.81. The van der Waals surface area contributed by atoms with Crippen LogP contribution in [0.5, 0.6) is 0 Å². The van der Waals surface area contributed by atoms with Crippen molar-refractivity contribution in [3.05, 3.63) is 70.5 Å². The van der Waals surface area contributed by atoms with Gasteiger partial charge in [-0.3, -0.25) is 0 Å². The van der Waals surface area contributed by atoms with Gasteiger partial charge in [0.1, 0.15) is 5.82 Å². The normalized spacial score (nSPS) is 21.0. The highest BCUT2D eigenvalue weighted by Gasteiger charge is 2.25. The van der Waals surface area contributed by atoms with Crippen LogP contribution in [0.3, 0.4) is 0 Å². The van der Waals surface area contributed by atoms with Gasteiger partial charge in [0, 0.05) is 5.56 Å². The highest BCUT2D eigenvalue weighted by Crippen LogP contribution is 2.35. The topological polar surface area (TPSA) is 9.23 Å². The molecule has 1 aliphatic carbocycles. The van der Waals surface area contributed by atoms with E-state index in [1.54, 1.807) is 6.07 Å². The summed E-state index contributed by atoms with van der Waals surface area (Å²) >= 11 is 0. The van der Waals surface area contributed by atoms with Gasteiger partial charge >= 0.3 is 0 Å². The first-order valence-corrected chi connectivity index (χ1v) is 8.35. The average molecular weight is 334 g/mol. The van der Waals surface area contributed by atoms with E-state index in [1.165, 1.54) is 12.1 Å². The zero-order valence-corrected chi connectivity index (χ0v) is 13.7. The molecule has 4 heteroatoms. The lowest BCUT2D eigenvalue weighted by molar-refractivity contribution is 0.0117. The molecule has 0 aromatic heterocycles. The third-order valence-corrected chi connectivity index (χ3v) is 4.78. The van der Waals surface area contributed by atoms with E-state index in [4.69, 9.17) is 4.74 Å². The van der Waals surface area contributed by atoms with Crippen molar-refractivity contribution in [3.63, 3.8) is 0 Å². The molecule has 0 aliphatic heterocycles. The molecule has 0 bridgehead atoms. The summed E-state index contributed by atoms with van der Waals surface area (Å²) in [5.41, 5.74) is 1.93.